The summed E-state index contributed by atoms with van der Waals surface area (Å²) in [7, 11) is -3.99. The molecule has 0 aliphatic heterocycles. The Hall–Kier alpha value is -2.96. The van der Waals surface area contributed by atoms with Gasteiger partial charge in [-0.1, -0.05) is 29.8 Å². The largest absolute Gasteiger partial charge is 0.454 e. The summed E-state index contributed by atoms with van der Waals surface area (Å²) < 4.78 is 32.6. The Kier molecular flexibility index (Phi) is 9.17. The van der Waals surface area contributed by atoms with Crippen molar-refractivity contribution in [2.45, 2.75) is 24.3 Å². The van der Waals surface area contributed by atoms with E-state index < -0.39 is 39.5 Å². The number of ether oxygens (including phenoxy) is 1. The number of sulfonamides is 1. The van der Waals surface area contributed by atoms with Crippen LogP contribution in [0.5, 0.6) is 0 Å². The van der Waals surface area contributed by atoms with Gasteiger partial charge in [0.2, 0.25) is 10.0 Å². The summed E-state index contributed by atoms with van der Waals surface area (Å²) in [4.78, 5) is 35.0. The standard InChI is InChI=1S/C20H23N3O7S2/c1-14-7-9-15(10-8-14)32(28,29)22-17(11-12-31-2)20(25)30-13-19(24)21-16-5-3-4-6-18(16)23(26)27/h3-10,17,22H,11-13H2,1-2H3,(H,21,24). The molecule has 10 nitrogen and oxygen atoms in total. The van der Waals surface area contributed by atoms with Gasteiger partial charge in [0.25, 0.3) is 11.6 Å². The zero-order valence-corrected chi connectivity index (χ0v) is 19.1. The van der Waals surface area contributed by atoms with Crippen molar-refractivity contribution in [3.63, 3.8) is 0 Å². The van der Waals surface area contributed by atoms with Gasteiger partial charge in [0, 0.05) is 6.07 Å². The Morgan fingerprint density at radius 1 is 1.16 bits per heavy atom. The number of benzene rings is 2. The zero-order valence-electron chi connectivity index (χ0n) is 17.4. The fourth-order valence-corrected chi connectivity index (χ4v) is 4.29. The van der Waals surface area contributed by atoms with Crippen molar-refractivity contribution < 1.29 is 27.7 Å². The molecule has 1 amide bonds. The Morgan fingerprint density at radius 3 is 2.44 bits per heavy atom. The van der Waals surface area contributed by atoms with Gasteiger partial charge in [-0.25, -0.2) is 8.42 Å². The van der Waals surface area contributed by atoms with E-state index in [1.807, 2.05) is 6.92 Å². The van der Waals surface area contributed by atoms with Crippen molar-refractivity contribution in [3.05, 3.63) is 64.2 Å². The van der Waals surface area contributed by atoms with Crippen LogP contribution in [0.2, 0.25) is 0 Å². The van der Waals surface area contributed by atoms with E-state index in [4.69, 9.17) is 4.74 Å². The summed E-state index contributed by atoms with van der Waals surface area (Å²) in [6.45, 7) is 1.09. The molecular formula is C20H23N3O7S2. The fraction of sp³-hybridized carbons (Fsp3) is 0.300. The van der Waals surface area contributed by atoms with Crippen molar-refractivity contribution in [2.24, 2.45) is 0 Å². The number of anilines is 1. The molecule has 0 aliphatic carbocycles. The predicted molar refractivity (Wildman–Crippen MR) is 121 cm³/mol. The van der Waals surface area contributed by atoms with E-state index in [1.54, 1.807) is 18.4 Å². The minimum atomic E-state index is -3.99. The lowest BCUT2D eigenvalue weighted by Crippen LogP contribution is -2.43. The molecule has 0 aromatic heterocycles. The second-order valence-corrected chi connectivity index (χ2v) is 9.40. The molecule has 0 saturated heterocycles. The number of nitro groups is 1. The quantitative estimate of drug-likeness (QED) is 0.283. The number of esters is 1. The molecule has 1 atom stereocenters. The predicted octanol–water partition coefficient (Wildman–Crippen LogP) is 2.49. The highest BCUT2D eigenvalue weighted by atomic mass is 32.2. The maximum atomic E-state index is 12.6. The first-order valence-corrected chi connectivity index (χ1v) is 12.3. The van der Waals surface area contributed by atoms with Crippen LogP contribution in [0.1, 0.15) is 12.0 Å². The van der Waals surface area contributed by atoms with E-state index in [-0.39, 0.29) is 22.7 Å². The average Bonchev–Trinajstić information content (AvgIpc) is 2.75. The number of carbonyl (C=O) groups excluding carboxylic acids is 2. The zero-order chi connectivity index (χ0) is 23.7. The maximum absolute atomic E-state index is 12.6. The summed E-state index contributed by atoms with van der Waals surface area (Å²) in [5, 5.41) is 13.3. The van der Waals surface area contributed by atoms with E-state index in [9.17, 15) is 28.1 Å². The van der Waals surface area contributed by atoms with Crippen LogP contribution in [-0.4, -0.2) is 49.9 Å². The Bertz CT molecular complexity index is 1070. The van der Waals surface area contributed by atoms with Crippen LogP contribution in [0.3, 0.4) is 0 Å². The number of aryl methyl sites for hydroxylation is 1. The van der Waals surface area contributed by atoms with Gasteiger partial charge in [0.15, 0.2) is 6.61 Å². The Labute approximate surface area is 189 Å². The van der Waals surface area contributed by atoms with Crippen molar-refractivity contribution >= 4 is 45.0 Å². The number of hydrogen-bond acceptors (Lipinski definition) is 8. The number of nitrogens with one attached hydrogen (secondary N) is 2. The smallest absolute Gasteiger partial charge is 0.324 e. The van der Waals surface area contributed by atoms with Crippen LogP contribution in [0.4, 0.5) is 11.4 Å². The summed E-state index contributed by atoms with van der Waals surface area (Å²) in [5.41, 5.74) is 0.528. The Balaban J connectivity index is 2.04. The second kappa shape index (κ2) is 11.6. The van der Waals surface area contributed by atoms with Gasteiger partial charge in [-0.05, 0) is 43.6 Å². The molecule has 2 rings (SSSR count). The van der Waals surface area contributed by atoms with Gasteiger partial charge < -0.3 is 10.1 Å². The minimum absolute atomic E-state index is 0.000758. The molecule has 2 aromatic rings. The summed E-state index contributed by atoms with van der Waals surface area (Å²) in [6, 6.07) is 10.4. The van der Waals surface area contributed by atoms with Crippen LogP contribution in [0, 0.1) is 17.0 Å². The van der Waals surface area contributed by atoms with Crippen LogP contribution >= 0.6 is 11.8 Å². The molecule has 0 spiro atoms. The molecule has 0 heterocycles. The lowest BCUT2D eigenvalue weighted by Gasteiger charge is -2.17. The fourth-order valence-electron chi connectivity index (χ4n) is 2.60. The molecule has 0 bridgehead atoms. The molecule has 2 aromatic carbocycles. The van der Waals surface area contributed by atoms with Crippen LogP contribution in [0.15, 0.2) is 53.4 Å². The maximum Gasteiger partial charge on any atom is 0.324 e. The van der Waals surface area contributed by atoms with E-state index in [1.165, 1.54) is 48.2 Å². The molecule has 12 heteroatoms. The lowest BCUT2D eigenvalue weighted by molar-refractivity contribution is -0.383. The number of nitro benzene ring substituents is 1. The lowest BCUT2D eigenvalue weighted by atomic mass is 10.2. The van der Waals surface area contributed by atoms with Crippen LogP contribution in [-0.2, 0) is 24.3 Å². The minimum Gasteiger partial charge on any atom is -0.454 e. The summed E-state index contributed by atoms with van der Waals surface area (Å²) >= 11 is 1.42. The van der Waals surface area contributed by atoms with Gasteiger partial charge in [-0.15, -0.1) is 0 Å². The molecule has 0 radical (unpaired) electrons. The third-order valence-electron chi connectivity index (χ3n) is 4.24. The monoisotopic (exact) mass is 481 g/mol. The molecule has 32 heavy (non-hydrogen) atoms. The summed E-state index contributed by atoms with van der Waals surface area (Å²) in [5.74, 6) is -1.25. The van der Waals surface area contributed by atoms with E-state index >= 15 is 0 Å². The molecule has 1 unspecified atom stereocenters. The molecule has 0 fully saturated rings. The third-order valence-corrected chi connectivity index (χ3v) is 6.38. The SMILES string of the molecule is CSCCC(NS(=O)(=O)c1ccc(C)cc1)C(=O)OCC(=O)Nc1ccccc1[N+](=O)[O-]. The van der Waals surface area contributed by atoms with Gasteiger partial charge >= 0.3 is 5.97 Å². The number of hydrogen-bond donors (Lipinski definition) is 2. The number of thioether (sulfide) groups is 1. The van der Waals surface area contributed by atoms with Crippen molar-refractivity contribution in [2.75, 3.05) is 23.9 Å². The van der Waals surface area contributed by atoms with Crippen molar-refractivity contribution in [1.82, 2.24) is 4.72 Å². The van der Waals surface area contributed by atoms with Crippen LogP contribution < -0.4 is 10.0 Å². The summed E-state index contributed by atoms with van der Waals surface area (Å²) in [6.07, 6.45) is 1.95. The number of para-hydroxylation sites is 2. The van der Waals surface area contributed by atoms with Crippen molar-refractivity contribution in [1.29, 1.82) is 0 Å². The first kappa shape index (κ1) is 25.3. The Morgan fingerprint density at radius 2 is 1.81 bits per heavy atom. The topological polar surface area (TPSA) is 145 Å². The number of carbonyl (C=O) groups is 2. The van der Waals surface area contributed by atoms with Gasteiger partial charge in [-0.3, -0.25) is 19.7 Å². The highest BCUT2D eigenvalue weighted by Gasteiger charge is 2.27. The van der Waals surface area contributed by atoms with E-state index in [2.05, 4.69) is 10.0 Å². The first-order chi connectivity index (χ1) is 15.1. The average molecular weight is 482 g/mol. The normalized spacial score (nSPS) is 12.1. The van der Waals surface area contributed by atoms with Gasteiger partial charge in [0.1, 0.15) is 11.7 Å². The number of nitrogens with zero attached hydrogens (tertiary/aromatic N) is 1. The molecule has 0 saturated carbocycles. The highest BCUT2D eigenvalue weighted by Crippen LogP contribution is 2.23. The number of amides is 1. The van der Waals surface area contributed by atoms with Crippen molar-refractivity contribution in [3.8, 4) is 0 Å². The molecule has 172 valence electrons. The third kappa shape index (κ3) is 7.32. The van der Waals surface area contributed by atoms with E-state index in [0.29, 0.717) is 5.75 Å². The highest BCUT2D eigenvalue weighted by molar-refractivity contribution is 7.98. The molecule has 0 aliphatic rings. The first-order valence-electron chi connectivity index (χ1n) is 9.42. The number of rotatable bonds is 11. The van der Waals surface area contributed by atoms with Gasteiger partial charge in [0.05, 0.1) is 9.82 Å². The van der Waals surface area contributed by atoms with Crippen LogP contribution in [0.25, 0.3) is 0 Å². The molecule has 2 N–H and O–H groups in total. The van der Waals surface area contributed by atoms with Gasteiger partial charge in [-0.2, -0.15) is 16.5 Å². The van der Waals surface area contributed by atoms with E-state index in [0.717, 1.165) is 5.56 Å². The molecular weight excluding hydrogens is 458 g/mol. The second-order valence-electron chi connectivity index (χ2n) is 6.70.